The molecule has 1 saturated carbocycles. The topological polar surface area (TPSA) is 45.2 Å². The summed E-state index contributed by atoms with van der Waals surface area (Å²) in [6.45, 7) is 2.93. The molecule has 1 N–H and O–H groups in total. The van der Waals surface area contributed by atoms with Crippen LogP contribution in [0.4, 0.5) is 5.69 Å². The van der Waals surface area contributed by atoms with Crippen LogP contribution in [0.1, 0.15) is 36.7 Å². The molecule has 1 aromatic heterocycles. The molecule has 0 spiro atoms. The molecule has 1 fully saturated rings. The summed E-state index contributed by atoms with van der Waals surface area (Å²) in [5.41, 5.74) is 1.47. The molecule has 0 atom stereocenters. The lowest BCUT2D eigenvalue weighted by Crippen LogP contribution is -2.34. The van der Waals surface area contributed by atoms with Crippen LogP contribution >= 0.6 is 0 Å². The Morgan fingerprint density at radius 1 is 1.53 bits per heavy atom. The highest BCUT2D eigenvalue weighted by molar-refractivity contribution is 5.92. The monoisotopic (exact) mass is 233 g/mol. The minimum atomic E-state index is 0.0667. The maximum Gasteiger partial charge on any atom is 0.272 e. The van der Waals surface area contributed by atoms with E-state index in [0.29, 0.717) is 11.7 Å². The fraction of sp³-hybridized carbons (Fsp3) is 0.538. The Bertz CT molecular complexity index is 384. The van der Waals surface area contributed by atoms with Crippen LogP contribution in [0.2, 0.25) is 0 Å². The van der Waals surface area contributed by atoms with Crippen LogP contribution < -0.4 is 5.32 Å². The highest BCUT2D eigenvalue weighted by Gasteiger charge is 2.32. The van der Waals surface area contributed by atoms with Gasteiger partial charge in [0.2, 0.25) is 0 Å². The van der Waals surface area contributed by atoms with Crippen LogP contribution in [0.5, 0.6) is 0 Å². The lowest BCUT2D eigenvalue weighted by atomic mass is 10.2. The number of carbonyl (C=O) groups excluding carboxylic acids is 1. The molecule has 4 nitrogen and oxygen atoms in total. The van der Waals surface area contributed by atoms with Gasteiger partial charge in [0.1, 0.15) is 5.69 Å². The van der Waals surface area contributed by atoms with Gasteiger partial charge in [-0.3, -0.25) is 4.79 Å². The van der Waals surface area contributed by atoms with Crippen LogP contribution in [0.15, 0.2) is 18.3 Å². The molecule has 1 amide bonds. The Morgan fingerprint density at radius 2 is 2.29 bits per heavy atom. The summed E-state index contributed by atoms with van der Waals surface area (Å²) in [6.07, 6.45) is 4.97. The number of nitrogens with zero attached hydrogens (tertiary/aromatic N) is 2. The zero-order chi connectivity index (χ0) is 12.3. The number of rotatable bonds is 5. The van der Waals surface area contributed by atoms with Crippen LogP contribution in [-0.4, -0.2) is 35.4 Å². The van der Waals surface area contributed by atoms with Crippen molar-refractivity contribution in [2.24, 2.45) is 0 Å². The van der Waals surface area contributed by atoms with Gasteiger partial charge in [-0.05, 0) is 31.4 Å². The lowest BCUT2D eigenvalue weighted by molar-refractivity contribution is 0.0737. The number of carbonyl (C=O) groups is 1. The third-order valence-electron chi connectivity index (χ3n) is 2.98. The number of pyridine rings is 1. The second kappa shape index (κ2) is 5.17. The fourth-order valence-electron chi connectivity index (χ4n) is 1.89. The molecule has 0 aromatic carbocycles. The predicted molar refractivity (Wildman–Crippen MR) is 68.1 cm³/mol. The summed E-state index contributed by atoms with van der Waals surface area (Å²) in [4.78, 5) is 18.4. The first-order valence-corrected chi connectivity index (χ1v) is 6.21. The van der Waals surface area contributed by atoms with E-state index < -0.39 is 0 Å². The Kier molecular flexibility index (Phi) is 3.61. The highest BCUT2D eigenvalue weighted by Crippen LogP contribution is 2.28. The van der Waals surface area contributed by atoms with Crippen molar-refractivity contribution < 1.29 is 4.79 Å². The van der Waals surface area contributed by atoms with Crippen LogP contribution in [0, 0.1) is 0 Å². The van der Waals surface area contributed by atoms with Crippen LogP contribution in [0.25, 0.3) is 0 Å². The molecule has 2 rings (SSSR count). The Hall–Kier alpha value is -1.58. The van der Waals surface area contributed by atoms with E-state index in [1.807, 2.05) is 18.0 Å². The molecule has 4 heteroatoms. The van der Waals surface area contributed by atoms with E-state index in [0.717, 1.165) is 31.5 Å². The van der Waals surface area contributed by atoms with E-state index in [-0.39, 0.29) is 5.91 Å². The molecule has 0 radical (unpaired) electrons. The summed E-state index contributed by atoms with van der Waals surface area (Å²) in [6, 6.07) is 4.13. The Morgan fingerprint density at radius 3 is 2.76 bits per heavy atom. The van der Waals surface area contributed by atoms with Crippen molar-refractivity contribution in [3.63, 3.8) is 0 Å². The van der Waals surface area contributed by atoms with Crippen molar-refractivity contribution in [2.75, 3.05) is 18.9 Å². The first-order valence-electron chi connectivity index (χ1n) is 6.21. The number of anilines is 1. The largest absolute Gasteiger partial charge is 0.387 e. The molecule has 1 heterocycles. The van der Waals surface area contributed by atoms with E-state index >= 15 is 0 Å². The summed E-state index contributed by atoms with van der Waals surface area (Å²) in [7, 11) is 1.84. The summed E-state index contributed by atoms with van der Waals surface area (Å²) in [5.74, 6) is 0.0667. The van der Waals surface area contributed by atoms with Gasteiger partial charge in [0.15, 0.2) is 0 Å². The van der Waals surface area contributed by atoms with Crippen molar-refractivity contribution in [1.29, 1.82) is 0 Å². The zero-order valence-electron chi connectivity index (χ0n) is 10.4. The van der Waals surface area contributed by atoms with Gasteiger partial charge in [0, 0.05) is 19.6 Å². The summed E-state index contributed by atoms with van der Waals surface area (Å²) < 4.78 is 0. The van der Waals surface area contributed by atoms with Gasteiger partial charge in [-0.2, -0.15) is 0 Å². The highest BCUT2D eigenvalue weighted by atomic mass is 16.2. The molecular formula is C13H19N3O. The van der Waals surface area contributed by atoms with Gasteiger partial charge in [-0.25, -0.2) is 4.98 Å². The van der Waals surface area contributed by atoms with Crippen molar-refractivity contribution >= 4 is 11.6 Å². The minimum Gasteiger partial charge on any atom is -0.387 e. The maximum absolute atomic E-state index is 12.3. The standard InChI is InChI=1S/C13H19N3O/c1-3-8-16(11-5-6-11)13(17)12-7-4-10(14-2)9-15-12/h4,7,9,11,14H,3,5-6,8H2,1-2H3. The SMILES string of the molecule is CCCN(C(=O)c1ccc(NC)cn1)C1CC1. The van der Waals surface area contributed by atoms with Gasteiger partial charge in [0.05, 0.1) is 11.9 Å². The Labute approximate surface area is 102 Å². The van der Waals surface area contributed by atoms with Gasteiger partial charge >= 0.3 is 0 Å². The van der Waals surface area contributed by atoms with Gasteiger partial charge in [-0.1, -0.05) is 6.92 Å². The van der Waals surface area contributed by atoms with Crippen molar-refractivity contribution in [3.05, 3.63) is 24.0 Å². The molecular weight excluding hydrogens is 214 g/mol. The van der Waals surface area contributed by atoms with E-state index in [4.69, 9.17) is 0 Å². The normalized spacial score (nSPS) is 14.5. The first-order chi connectivity index (χ1) is 8.26. The third kappa shape index (κ3) is 2.75. The molecule has 1 aromatic rings. The number of hydrogen-bond acceptors (Lipinski definition) is 3. The van der Waals surface area contributed by atoms with Gasteiger partial charge in [-0.15, -0.1) is 0 Å². The van der Waals surface area contributed by atoms with E-state index in [1.165, 1.54) is 0 Å². The van der Waals surface area contributed by atoms with Crippen molar-refractivity contribution in [2.45, 2.75) is 32.2 Å². The number of hydrogen-bond donors (Lipinski definition) is 1. The number of aromatic nitrogens is 1. The molecule has 0 aliphatic heterocycles. The molecule has 0 bridgehead atoms. The van der Waals surface area contributed by atoms with Gasteiger partial charge < -0.3 is 10.2 Å². The second-order valence-electron chi connectivity index (χ2n) is 4.41. The molecule has 0 saturated heterocycles. The van der Waals surface area contributed by atoms with E-state index in [1.54, 1.807) is 12.3 Å². The predicted octanol–water partition coefficient (Wildman–Crippen LogP) is 2.14. The molecule has 1 aliphatic carbocycles. The Balaban J connectivity index is 2.10. The summed E-state index contributed by atoms with van der Waals surface area (Å²) in [5, 5.41) is 3.00. The molecule has 17 heavy (non-hydrogen) atoms. The summed E-state index contributed by atoms with van der Waals surface area (Å²) >= 11 is 0. The van der Waals surface area contributed by atoms with Crippen LogP contribution in [0.3, 0.4) is 0 Å². The molecule has 0 unspecified atom stereocenters. The number of nitrogens with one attached hydrogen (secondary N) is 1. The smallest absolute Gasteiger partial charge is 0.272 e. The first kappa shape index (κ1) is 11.9. The second-order valence-corrected chi connectivity index (χ2v) is 4.41. The van der Waals surface area contributed by atoms with Crippen LogP contribution in [-0.2, 0) is 0 Å². The van der Waals surface area contributed by atoms with Crippen molar-refractivity contribution in [1.82, 2.24) is 9.88 Å². The number of amides is 1. The maximum atomic E-state index is 12.3. The lowest BCUT2D eigenvalue weighted by Gasteiger charge is -2.21. The average molecular weight is 233 g/mol. The van der Waals surface area contributed by atoms with Crippen molar-refractivity contribution in [3.8, 4) is 0 Å². The third-order valence-corrected chi connectivity index (χ3v) is 2.98. The average Bonchev–Trinajstić information content (AvgIpc) is 3.19. The van der Waals surface area contributed by atoms with E-state index in [2.05, 4.69) is 17.2 Å². The van der Waals surface area contributed by atoms with Gasteiger partial charge in [0.25, 0.3) is 5.91 Å². The fourth-order valence-corrected chi connectivity index (χ4v) is 1.89. The molecule has 1 aliphatic rings. The molecule has 92 valence electrons. The quantitative estimate of drug-likeness (QED) is 0.847. The minimum absolute atomic E-state index is 0.0667. The van der Waals surface area contributed by atoms with E-state index in [9.17, 15) is 4.79 Å². The zero-order valence-corrected chi connectivity index (χ0v) is 10.4.